The molecule has 0 radical (unpaired) electrons. The number of rotatable bonds is 3. The third-order valence-corrected chi connectivity index (χ3v) is 3.44. The number of hydrogen-bond acceptors (Lipinski definition) is 4. The van der Waals surface area contributed by atoms with E-state index in [1.165, 1.54) is 18.5 Å². The number of hydrogen-bond donors (Lipinski definition) is 1. The van der Waals surface area contributed by atoms with Gasteiger partial charge in [0.25, 0.3) is 5.91 Å². The number of aromatic carboxylic acids is 1. The fraction of sp³-hybridized carbons (Fsp3) is 0.462. The topological polar surface area (TPSA) is 79.7 Å². The fourth-order valence-corrected chi connectivity index (χ4v) is 2.32. The highest BCUT2D eigenvalue weighted by Crippen LogP contribution is 2.21. The number of carbonyl (C=O) groups is 2. The first kappa shape index (κ1) is 13.5. The van der Waals surface area contributed by atoms with E-state index in [1.54, 1.807) is 11.9 Å². The summed E-state index contributed by atoms with van der Waals surface area (Å²) in [5.74, 6) is -1.47. The smallest absolute Gasteiger partial charge is 0.338 e. The zero-order valence-corrected chi connectivity index (χ0v) is 10.9. The molecule has 2 unspecified atom stereocenters. The summed E-state index contributed by atoms with van der Waals surface area (Å²) >= 11 is 0. The highest BCUT2D eigenvalue weighted by Gasteiger charge is 2.32. The summed E-state index contributed by atoms with van der Waals surface area (Å²) in [7, 11) is 1.67. The summed E-state index contributed by atoms with van der Waals surface area (Å²) in [4.78, 5) is 28.8. The van der Waals surface area contributed by atoms with Gasteiger partial charge in [0.05, 0.1) is 23.3 Å². The van der Waals surface area contributed by atoms with Crippen molar-refractivity contribution in [3.63, 3.8) is 0 Å². The minimum atomic E-state index is -1.15. The Labute approximate surface area is 111 Å². The van der Waals surface area contributed by atoms with E-state index >= 15 is 0 Å². The van der Waals surface area contributed by atoms with Gasteiger partial charge in [0, 0.05) is 26.0 Å². The number of carboxylic acids is 1. The van der Waals surface area contributed by atoms with Crippen LogP contribution in [-0.2, 0) is 4.74 Å². The van der Waals surface area contributed by atoms with Gasteiger partial charge in [-0.25, -0.2) is 4.79 Å². The van der Waals surface area contributed by atoms with E-state index in [0.717, 1.165) is 6.42 Å². The quantitative estimate of drug-likeness (QED) is 0.882. The Kier molecular flexibility index (Phi) is 3.80. The first-order valence-electron chi connectivity index (χ1n) is 6.08. The summed E-state index contributed by atoms with van der Waals surface area (Å²) < 4.78 is 5.43. The summed E-state index contributed by atoms with van der Waals surface area (Å²) in [6.45, 7) is 2.53. The van der Waals surface area contributed by atoms with Crippen molar-refractivity contribution in [3.8, 4) is 0 Å². The fourth-order valence-electron chi connectivity index (χ4n) is 2.32. The van der Waals surface area contributed by atoms with Gasteiger partial charge in [-0.1, -0.05) is 0 Å². The number of carboxylic acid groups (broad SMARTS) is 1. The number of amides is 1. The van der Waals surface area contributed by atoms with Gasteiger partial charge in [0.15, 0.2) is 0 Å². The van der Waals surface area contributed by atoms with Crippen molar-refractivity contribution in [2.75, 3.05) is 13.7 Å². The van der Waals surface area contributed by atoms with Crippen LogP contribution in [0.3, 0.4) is 0 Å². The van der Waals surface area contributed by atoms with Crippen LogP contribution in [0.4, 0.5) is 0 Å². The molecular weight excluding hydrogens is 248 g/mol. The molecule has 1 N–H and O–H groups in total. The van der Waals surface area contributed by atoms with Crippen molar-refractivity contribution in [1.82, 2.24) is 9.88 Å². The molecule has 0 aliphatic carbocycles. The van der Waals surface area contributed by atoms with Crippen molar-refractivity contribution in [3.05, 3.63) is 29.6 Å². The lowest BCUT2D eigenvalue weighted by molar-refractivity contribution is 0.0565. The molecular formula is C13H16N2O4. The molecule has 6 nitrogen and oxygen atoms in total. The maximum absolute atomic E-state index is 12.4. The SMILES string of the molecule is CC1OCCC1N(C)C(=O)c1ccncc1C(=O)O. The summed E-state index contributed by atoms with van der Waals surface area (Å²) in [6.07, 6.45) is 3.33. The molecule has 0 saturated carbocycles. The van der Waals surface area contributed by atoms with E-state index in [4.69, 9.17) is 9.84 Å². The zero-order chi connectivity index (χ0) is 14.0. The van der Waals surface area contributed by atoms with Crippen LogP contribution in [0, 0.1) is 0 Å². The van der Waals surface area contributed by atoms with Crippen LogP contribution in [0.2, 0.25) is 0 Å². The van der Waals surface area contributed by atoms with E-state index in [-0.39, 0.29) is 29.2 Å². The molecule has 2 rings (SSSR count). The number of carbonyl (C=O) groups excluding carboxylic acids is 1. The lowest BCUT2D eigenvalue weighted by Crippen LogP contribution is -2.41. The van der Waals surface area contributed by atoms with E-state index < -0.39 is 5.97 Å². The summed E-state index contributed by atoms with van der Waals surface area (Å²) in [5.41, 5.74) is 0.0787. The van der Waals surface area contributed by atoms with Crippen molar-refractivity contribution < 1.29 is 19.4 Å². The van der Waals surface area contributed by atoms with Crippen LogP contribution >= 0.6 is 0 Å². The van der Waals surface area contributed by atoms with Crippen LogP contribution in [0.5, 0.6) is 0 Å². The zero-order valence-electron chi connectivity index (χ0n) is 10.9. The average molecular weight is 264 g/mol. The second-order valence-corrected chi connectivity index (χ2v) is 4.57. The van der Waals surface area contributed by atoms with Gasteiger partial charge in [-0.2, -0.15) is 0 Å². The molecule has 1 fully saturated rings. The maximum Gasteiger partial charge on any atom is 0.338 e. The molecule has 1 amide bonds. The molecule has 102 valence electrons. The molecule has 0 bridgehead atoms. The largest absolute Gasteiger partial charge is 0.478 e. The Morgan fingerprint density at radius 2 is 2.21 bits per heavy atom. The van der Waals surface area contributed by atoms with Crippen molar-refractivity contribution in [2.45, 2.75) is 25.5 Å². The van der Waals surface area contributed by atoms with Gasteiger partial charge in [-0.3, -0.25) is 9.78 Å². The van der Waals surface area contributed by atoms with Crippen molar-refractivity contribution in [2.24, 2.45) is 0 Å². The van der Waals surface area contributed by atoms with Crippen molar-refractivity contribution in [1.29, 1.82) is 0 Å². The Bertz CT molecular complexity index is 503. The third-order valence-electron chi connectivity index (χ3n) is 3.44. The summed E-state index contributed by atoms with van der Waals surface area (Å²) in [5, 5.41) is 9.08. The maximum atomic E-state index is 12.4. The second-order valence-electron chi connectivity index (χ2n) is 4.57. The van der Waals surface area contributed by atoms with Gasteiger partial charge in [-0.05, 0) is 19.4 Å². The molecule has 0 aromatic carbocycles. The molecule has 1 saturated heterocycles. The highest BCUT2D eigenvalue weighted by molar-refractivity contribution is 6.04. The van der Waals surface area contributed by atoms with Crippen LogP contribution in [-0.4, -0.2) is 52.7 Å². The number of likely N-dealkylation sites (N-methyl/N-ethyl adjacent to an activating group) is 1. The molecule has 19 heavy (non-hydrogen) atoms. The number of aromatic nitrogens is 1. The molecule has 1 aromatic rings. The summed E-state index contributed by atoms with van der Waals surface area (Å²) in [6, 6.07) is 1.41. The van der Waals surface area contributed by atoms with Crippen LogP contribution in [0.1, 0.15) is 34.1 Å². The molecule has 2 atom stereocenters. The highest BCUT2D eigenvalue weighted by atomic mass is 16.5. The predicted molar refractivity (Wildman–Crippen MR) is 67.1 cm³/mol. The van der Waals surface area contributed by atoms with Gasteiger partial charge < -0.3 is 14.7 Å². The van der Waals surface area contributed by atoms with E-state index in [2.05, 4.69) is 4.98 Å². The Balaban J connectivity index is 2.26. The minimum Gasteiger partial charge on any atom is -0.478 e. The standard InChI is InChI=1S/C13H16N2O4/c1-8-11(4-6-19-8)15(2)12(16)9-3-5-14-7-10(9)13(17)18/h3,5,7-8,11H,4,6H2,1-2H3,(H,17,18). The molecule has 1 aromatic heterocycles. The lowest BCUT2D eigenvalue weighted by atomic mass is 10.1. The number of ether oxygens (including phenoxy) is 1. The molecule has 1 aliphatic heterocycles. The normalized spacial score (nSPS) is 22.2. The first-order valence-corrected chi connectivity index (χ1v) is 6.08. The average Bonchev–Trinajstić information content (AvgIpc) is 2.83. The van der Waals surface area contributed by atoms with E-state index in [1.807, 2.05) is 6.92 Å². The third kappa shape index (κ3) is 2.58. The Hall–Kier alpha value is -1.95. The van der Waals surface area contributed by atoms with Gasteiger partial charge in [0.1, 0.15) is 0 Å². The van der Waals surface area contributed by atoms with Crippen LogP contribution < -0.4 is 0 Å². The van der Waals surface area contributed by atoms with Gasteiger partial charge >= 0.3 is 5.97 Å². The molecule has 1 aliphatic rings. The molecule has 0 spiro atoms. The Morgan fingerprint density at radius 3 is 2.79 bits per heavy atom. The van der Waals surface area contributed by atoms with Gasteiger partial charge in [0.2, 0.25) is 0 Å². The number of nitrogens with zero attached hydrogens (tertiary/aromatic N) is 2. The van der Waals surface area contributed by atoms with Gasteiger partial charge in [-0.15, -0.1) is 0 Å². The minimum absolute atomic E-state index is 0.0256. The lowest BCUT2D eigenvalue weighted by Gasteiger charge is -2.27. The van der Waals surface area contributed by atoms with Crippen LogP contribution in [0.15, 0.2) is 18.5 Å². The van der Waals surface area contributed by atoms with Crippen LogP contribution in [0.25, 0.3) is 0 Å². The Morgan fingerprint density at radius 1 is 1.47 bits per heavy atom. The monoisotopic (exact) mass is 264 g/mol. The molecule has 2 heterocycles. The predicted octanol–water partition coefficient (Wildman–Crippen LogP) is 1.03. The number of pyridine rings is 1. The van der Waals surface area contributed by atoms with E-state index in [9.17, 15) is 9.59 Å². The van der Waals surface area contributed by atoms with E-state index in [0.29, 0.717) is 6.61 Å². The second kappa shape index (κ2) is 5.36. The van der Waals surface area contributed by atoms with Crippen molar-refractivity contribution >= 4 is 11.9 Å². The first-order chi connectivity index (χ1) is 9.02. The molecule has 6 heteroatoms.